The van der Waals surface area contributed by atoms with E-state index in [9.17, 15) is 9.59 Å². The zero-order valence-electron chi connectivity index (χ0n) is 12.4. The van der Waals surface area contributed by atoms with Crippen LogP contribution in [0.5, 0.6) is 0 Å². The van der Waals surface area contributed by atoms with Crippen LogP contribution >= 0.6 is 0 Å². The van der Waals surface area contributed by atoms with E-state index >= 15 is 0 Å². The Morgan fingerprint density at radius 2 is 2.14 bits per heavy atom. The first-order chi connectivity index (χ1) is 10.0. The number of aryl methyl sites for hydroxylation is 1. The third-order valence-corrected chi connectivity index (χ3v) is 3.77. The predicted molar refractivity (Wildman–Crippen MR) is 81.4 cm³/mol. The molecule has 2 rings (SSSR count). The van der Waals surface area contributed by atoms with Gasteiger partial charge in [0.05, 0.1) is 12.6 Å². The molecule has 110 valence electrons. The number of nitrogens with one attached hydrogen (secondary N) is 2. The Balaban J connectivity index is 2.00. The molecule has 0 heterocycles. The monoisotopic (exact) mass is 284 g/mol. The first-order valence-electron chi connectivity index (χ1n) is 7.10. The fourth-order valence-electron chi connectivity index (χ4n) is 2.76. The van der Waals surface area contributed by atoms with Crippen molar-refractivity contribution in [2.75, 3.05) is 6.54 Å². The molecule has 0 unspecified atom stereocenters. The van der Waals surface area contributed by atoms with E-state index in [0.29, 0.717) is 5.92 Å². The SMILES string of the molecule is C#CCNC(=O)CC(=O)N[C@H]1c2cc(C)ccc2C[C@H]1C. The van der Waals surface area contributed by atoms with Crippen LogP contribution in [0.4, 0.5) is 0 Å². The van der Waals surface area contributed by atoms with Gasteiger partial charge >= 0.3 is 0 Å². The quantitative estimate of drug-likeness (QED) is 0.650. The zero-order chi connectivity index (χ0) is 15.4. The van der Waals surface area contributed by atoms with E-state index in [4.69, 9.17) is 6.42 Å². The fraction of sp³-hybridized carbons (Fsp3) is 0.412. The van der Waals surface area contributed by atoms with Gasteiger partial charge in [-0.15, -0.1) is 6.42 Å². The number of hydrogen-bond acceptors (Lipinski definition) is 2. The van der Waals surface area contributed by atoms with Crippen LogP contribution < -0.4 is 10.6 Å². The van der Waals surface area contributed by atoms with Crippen LogP contribution in [0.1, 0.15) is 36.1 Å². The lowest BCUT2D eigenvalue weighted by Gasteiger charge is -2.19. The summed E-state index contributed by atoms with van der Waals surface area (Å²) in [6.45, 7) is 4.29. The lowest BCUT2D eigenvalue weighted by atomic mass is 10.0. The molecule has 4 heteroatoms. The first kappa shape index (κ1) is 15.1. The lowest BCUT2D eigenvalue weighted by molar-refractivity contribution is -0.129. The average Bonchev–Trinajstić information content (AvgIpc) is 2.72. The Labute approximate surface area is 125 Å². The molecule has 0 bridgehead atoms. The van der Waals surface area contributed by atoms with E-state index in [0.717, 1.165) is 6.42 Å². The maximum absolute atomic E-state index is 12.0. The van der Waals surface area contributed by atoms with Crippen molar-refractivity contribution < 1.29 is 9.59 Å². The van der Waals surface area contributed by atoms with Crippen LogP contribution in [-0.4, -0.2) is 18.4 Å². The lowest BCUT2D eigenvalue weighted by Crippen LogP contribution is -2.35. The smallest absolute Gasteiger partial charge is 0.230 e. The highest BCUT2D eigenvalue weighted by molar-refractivity contribution is 5.97. The zero-order valence-corrected chi connectivity index (χ0v) is 12.4. The first-order valence-corrected chi connectivity index (χ1v) is 7.10. The standard InChI is InChI=1S/C17H20N2O2/c1-4-7-18-15(20)10-16(21)19-17-12(3)9-13-6-5-11(2)8-14(13)17/h1,5-6,8,12,17H,7,9-10H2,2-3H3,(H,18,20)(H,19,21)/t12-,17-/m1/s1. The second-order valence-electron chi connectivity index (χ2n) is 5.59. The van der Waals surface area contributed by atoms with Gasteiger partial charge in [0.15, 0.2) is 0 Å². The predicted octanol–water partition coefficient (Wildman–Crippen LogP) is 1.48. The van der Waals surface area contributed by atoms with E-state index in [1.165, 1.54) is 16.7 Å². The summed E-state index contributed by atoms with van der Waals surface area (Å²) in [5, 5.41) is 5.46. The maximum atomic E-state index is 12.0. The van der Waals surface area contributed by atoms with Gasteiger partial charge in [0.1, 0.15) is 6.42 Å². The van der Waals surface area contributed by atoms with Crippen molar-refractivity contribution in [2.45, 2.75) is 32.7 Å². The van der Waals surface area contributed by atoms with Crippen LogP contribution in [0.15, 0.2) is 18.2 Å². The molecule has 2 atom stereocenters. The number of rotatable bonds is 4. The van der Waals surface area contributed by atoms with E-state index in [1.807, 2.05) is 6.92 Å². The number of carbonyl (C=O) groups is 2. The number of carbonyl (C=O) groups excluding carboxylic acids is 2. The Hall–Kier alpha value is -2.28. The molecule has 21 heavy (non-hydrogen) atoms. The Kier molecular flexibility index (Phi) is 4.64. The highest BCUT2D eigenvalue weighted by Crippen LogP contribution is 2.36. The average molecular weight is 284 g/mol. The molecular formula is C17H20N2O2. The largest absolute Gasteiger partial charge is 0.349 e. The molecule has 1 aromatic rings. The molecule has 0 radical (unpaired) electrons. The molecule has 2 amide bonds. The highest BCUT2D eigenvalue weighted by Gasteiger charge is 2.30. The van der Waals surface area contributed by atoms with Gasteiger partial charge in [0, 0.05) is 0 Å². The Morgan fingerprint density at radius 1 is 1.38 bits per heavy atom. The summed E-state index contributed by atoms with van der Waals surface area (Å²) in [5.41, 5.74) is 3.61. The number of hydrogen-bond donors (Lipinski definition) is 2. The van der Waals surface area contributed by atoms with E-state index < -0.39 is 0 Å². The molecular weight excluding hydrogens is 264 g/mol. The summed E-state index contributed by atoms with van der Waals surface area (Å²) in [6.07, 6.45) is 5.82. The molecule has 0 aliphatic heterocycles. The minimum absolute atomic E-state index is 0.0205. The molecule has 0 spiro atoms. The van der Waals surface area contributed by atoms with Crippen LogP contribution in [0.2, 0.25) is 0 Å². The van der Waals surface area contributed by atoms with Gasteiger partial charge in [-0.25, -0.2) is 0 Å². The van der Waals surface area contributed by atoms with E-state index in [2.05, 4.69) is 41.7 Å². The van der Waals surface area contributed by atoms with E-state index in [-0.39, 0.29) is 30.8 Å². The summed E-state index contributed by atoms with van der Waals surface area (Å²) >= 11 is 0. The highest BCUT2D eigenvalue weighted by atomic mass is 16.2. The van der Waals surface area contributed by atoms with Crippen molar-refractivity contribution in [3.63, 3.8) is 0 Å². The third-order valence-electron chi connectivity index (χ3n) is 3.77. The van der Waals surface area contributed by atoms with Gasteiger partial charge in [-0.05, 0) is 30.4 Å². The van der Waals surface area contributed by atoms with Crippen molar-refractivity contribution in [1.29, 1.82) is 0 Å². The van der Waals surface area contributed by atoms with Crippen molar-refractivity contribution in [1.82, 2.24) is 10.6 Å². The number of terminal acetylenes is 1. The normalized spacial score (nSPS) is 19.5. The minimum atomic E-state index is -0.347. The van der Waals surface area contributed by atoms with Crippen molar-refractivity contribution in [2.24, 2.45) is 5.92 Å². The summed E-state index contributed by atoms with van der Waals surface area (Å²) in [7, 11) is 0. The fourth-order valence-corrected chi connectivity index (χ4v) is 2.76. The number of fused-ring (bicyclic) bond motifs is 1. The van der Waals surface area contributed by atoms with Crippen molar-refractivity contribution in [3.8, 4) is 12.3 Å². The summed E-state index contributed by atoms with van der Waals surface area (Å²) in [5.74, 6) is 2.03. The molecule has 1 aromatic carbocycles. The van der Waals surface area contributed by atoms with E-state index in [1.54, 1.807) is 0 Å². The Morgan fingerprint density at radius 3 is 2.86 bits per heavy atom. The van der Waals surface area contributed by atoms with Gasteiger partial charge in [-0.2, -0.15) is 0 Å². The van der Waals surface area contributed by atoms with Gasteiger partial charge in [-0.1, -0.05) is 36.6 Å². The minimum Gasteiger partial charge on any atom is -0.349 e. The second-order valence-corrected chi connectivity index (χ2v) is 5.59. The molecule has 2 N–H and O–H groups in total. The van der Waals surface area contributed by atoms with Crippen molar-refractivity contribution in [3.05, 3.63) is 34.9 Å². The molecule has 0 aromatic heterocycles. The number of amides is 2. The molecule has 0 saturated carbocycles. The van der Waals surface area contributed by atoms with Crippen LogP contribution in [0.25, 0.3) is 0 Å². The van der Waals surface area contributed by atoms with Crippen LogP contribution in [-0.2, 0) is 16.0 Å². The van der Waals surface area contributed by atoms with Gasteiger partial charge in [0.25, 0.3) is 0 Å². The number of benzene rings is 1. The summed E-state index contributed by atoms with van der Waals surface area (Å²) in [4.78, 5) is 23.5. The van der Waals surface area contributed by atoms with Gasteiger partial charge in [0.2, 0.25) is 11.8 Å². The topological polar surface area (TPSA) is 58.2 Å². The molecule has 1 aliphatic rings. The molecule has 1 aliphatic carbocycles. The summed E-state index contributed by atoms with van der Waals surface area (Å²) < 4.78 is 0. The molecule has 0 fully saturated rings. The van der Waals surface area contributed by atoms with Crippen LogP contribution in [0.3, 0.4) is 0 Å². The summed E-state index contributed by atoms with van der Waals surface area (Å²) in [6, 6.07) is 6.30. The van der Waals surface area contributed by atoms with Gasteiger partial charge < -0.3 is 10.6 Å². The van der Waals surface area contributed by atoms with Crippen molar-refractivity contribution >= 4 is 11.8 Å². The second kappa shape index (κ2) is 6.45. The van der Waals surface area contributed by atoms with Crippen LogP contribution in [0, 0.1) is 25.2 Å². The van der Waals surface area contributed by atoms with Gasteiger partial charge in [-0.3, -0.25) is 9.59 Å². The maximum Gasteiger partial charge on any atom is 0.230 e. The third kappa shape index (κ3) is 3.63. The Bertz CT molecular complexity index is 601. The molecule has 4 nitrogen and oxygen atoms in total. The molecule has 0 saturated heterocycles.